The van der Waals surface area contributed by atoms with Crippen LogP contribution >= 0.6 is 0 Å². The quantitative estimate of drug-likeness (QED) is 0.752. The first kappa shape index (κ1) is 18.3. The predicted octanol–water partition coefficient (Wildman–Crippen LogP) is 3.78. The number of aromatic nitrogens is 3. The fraction of sp³-hybridized carbons (Fsp3) is 0.318. The molecule has 0 aliphatic heterocycles. The SMILES string of the molecule is CC1(C)Cc2c(cnn2-c2ccc(F)cc2)[C@@H](NC(=O)Cc2cccnc2)C1. The van der Waals surface area contributed by atoms with Crippen LogP contribution in [0.2, 0.25) is 0 Å². The Kier molecular flexibility index (Phi) is 4.71. The molecule has 6 heteroatoms. The number of benzene rings is 1. The summed E-state index contributed by atoms with van der Waals surface area (Å²) in [6.45, 7) is 4.39. The minimum absolute atomic E-state index is 0.0110. The topological polar surface area (TPSA) is 59.8 Å². The molecule has 1 aromatic carbocycles. The zero-order valence-electron chi connectivity index (χ0n) is 16.0. The Morgan fingerprint density at radius 2 is 2.04 bits per heavy atom. The van der Waals surface area contributed by atoms with Gasteiger partial charge < -0.3 is 5.32 Å². The fourth-order valence-electron chi connectivity index (χ4n) is 3.91. The number of pyridine rings is 1. The lowest BCUT2D eigenvalue weighted by Crippen LogP contribution is -2.37. The van der Waals surface area contributed by atoms with Gasteiger partial charge in [-0.3, -0.25) is 9.78 Å². The molecule has 28 heavy (non-hydrogen) atoms. The van der Waals surface area contributed by atoms with Gasteiger partial charge in [-0.2, -0.15) is 5.10 Å². The molecule has 0 spiro atoms. The molecule has 1 N–H and O–H groups in total. The van der Waals surface area contributed by atoms with Gasteiger partial charge in [-0.25, -0.2) is 9.07 Å². The number of halogens is 1. The number of amides is 1. The van der Waals surface area contributed by atoms with Gasteiger partial charge in [0.05, 0.1) is 30.0 Å². The molecule has 1 aliphatic carbocycles. The molecule has 0 saturated heterocycles. The van der Waals surface area contributed by atoms with Crippen LogP contribution in [-0.4, -0.2) is 20.7 Å². The van der Waals surface area contributed by atoms with E-state index in [1.807, 2.05) is 23.0 Å². The normalized spacial score (nSPS) is 17.8. The number of fused-ring (bicyclic) bond motifs is 1. The van der Waals surface area contributed by atoms with E-state index in [2.05, 4.69) is 29.2 Å². The molecular formula is C22H23FN4O. The van der Waals surface area contributed by atoms with E-state index in [1.54, 1.807) is 24.5 Å². The highest BCUT2D eigenvalue weighted by Crippen LogP contribution is 2.41. The highest BCUT2D eigenvalue weighted by atomic mass is 19.1. The Hall–Kier alpha value is -3.02. The summed E-state index contributed by atoms with van der Waals surface area (Å²) in [6.07, 6.45) is 7.21. The van der Waals surface area contributed by atoms with Crippen molar-refractivity contribution < 1.29 is 9.18 Å². The van der Waals surface area contributed by atoms with Crippen LogP contribution in [0.4, 0.5) is 4.39 Å². The number of hydrogen-bond donors (Lipinski definition) is 1. The molecule has 1 amide bonds. The van der Waals surface area contributed by atoms with Crippen molar-refractivity contribution in [1.82, 2.24) is 20.1 Å². The first-order valence-electron chi connectivity index (χ1n) is 9.42. The monoisotopic (exact) mass is 378 g/mol. The van der Waals surface area contributed by atoms with E-state index >= 15 is 0 Å². The second kappa shape index (κ2) is 7.19. The summed E-state index contributed by atoms with van der Waals surface area (Å²) in [7, 11) is 0. The molecule has 1 atom stereocenters. The van der Waals surface area contributed by atoms with Crippen LogP contribution < -0.4 is 5.32 Å². The lowest BCUT2D eigenvalue weighted by Gasteiger charge is -2.36. The average Bonchev–Trinajstić information content (AvgIpc) is 3.06. The van der Waals surface area contributed by atoms with Gasteiger partial charge >= 0.3 is 0 Å². The standard InChI is InChI=1S/C22H23FN4O/c1-22(2)11-19(26-21(28)10-15-4-3-9-24-13-15)18-14-25-27(20(18)12-22)17-7-5-16(23)6-8-17/h3-9,13-14,19H,10-12H2,1-2H3,(H,26,28)/t19-/m0/s1. The maximum atomic E-state index is 13.3. The van der Waals surface area contributed by atoms with Crippen molar-refractivity contribution in [1.29, 1.82) is 0 Å². The third-order valence-electron chi connectivity index (χ3n) is 5.17. The third kappa shape index (κ3) is 3.81. The van der Waals surface area contributed by atoms with Gasteiger partial charge in [0, 0.05) is 18.0 Å². The molecule has 0 unspecified atom stereocenters. The molecule has 2 aromatic heterocycles. The summed E-state index contributed by atoms with van der Waals surface area (Å²) in [4.78, 5) is 16.7. The summed E-state index contributed by atoms with van der Waals surface area (Å²) >= 11 is 0. The second-order valence-corrected chi connectivity index (χ2v) is 8.14. The number of rotatable bonds is 4. The smallest absolute Gasteiger partial charge is 0.224 e. The lowest BCUT2D eigenvalue weighted by atomic mass is 9.74. The minimum atomic E-state index is -0.273. The first-order valence-corrected chi connectivity index (χ1v) is 9.42. The van der Waals surface area contributed by atoms with Gasteiger partial charge in [0.15, 0.2) is 0 Å². The van der Waals surface area contributed by atoms with Gasteiger partial charge in [-0.15, -0.1) is 0 Å². The number of nitrogens with one attached hydrogen (secondary N) is 1. The van der Waals surface area contributed by atoms with Crippen LogP contribution in [0.3, 0.4) is 0 Å². The predicted molar refractivity (Wildman–Crippen MR) is 104 cm³/mol. The highest BCUT2D eigenvalue weighted by molar-refractivity contribution is 5.79. The molecule has 3 aromatic rings. The molecule has 144 valence electrons. The lowest BCUT2D eigenvalue weighted by molar-refractivity contribution is -0.121. The minimum Gasteiger partial charge on any atom is -0.349 e. The summed E-state index contributed by atoms with van der Waals surface area (Å²) in [5, 5.41) is 7.71. The Bertz CT molecular complexity index is 980. The van der Waals surface area contributed by atoms with Crippen LogP contribution in [0.25, 0.3) is 5.69 Å². The number of carbonyl (C=O) groups is 1. The average molecular weight is 378 g/mol. The zero-order valence-corrected chi connectivity index (χ0v) is 16.0. The highest BCUT2D eigenvalue weighted by Gasteiger charge is 2.36. The summed E-state index contributed by atoms with van der Waals surface area (Å²) in [5.41, 5.74) is 3.81. The molecule has 0 bridgehead atoms. The largest absolute Gasteiger partial charge is 0.349 e. The van der Waals surface area contributed by atoms with E-state index in [0.29, 0.717) is 6.42 Å². The van der Waals surface area contributed by atoms with Crippen molar-refractivity contribution >= 4 is 5.91 Å². The first-order chi connectivity index (χ1) is 13.4. The van der Waals surface area contributed by atoms with Gasteiger partial charge in [-0.05, 0) is 54.2 Å². The molecule has 4 rings (SSSR count). The van der Waals surface area contributed by atoms with Gasteiger partial charge in [-0.1, -0.05) is 19.9 Å². The van der Waals surface area contributed by atoms with Crippen LogP contribution in [0, 0.1) is 11.2 Å². The van der Waals surface area contributed by atoms with E-state index in [0.717, 1.165) is 35.3 Å². The molecule has 0 fully saturated rings. The summed E-state index contributed by atoms with van der Waals surface area (Å²) in [5.74, 6) is -0.304. The summed E-state index contributed by atoms with van der Waals surface area (Å²) < 4.78 is 15.2. The Labute approximate surface area is 163 Å². The molecule has 0 radical (unpaired) electrons. The van der Waals surface area contributed by atoms with Crippen LogP contribution in [0.1, 0.15) is 43.1 Å². The Morgan fingerprint density at radius 1 is 1.25 bits per heavy atom. The van der Waals surface area contributed by atoms with Crippen LogP contribution in [0.5, 0.6) is 0 Å². The Balaban J connectivity index is 1.60. The van der Waals surface area contributed by atoms with E-state index in [1.165, 1.54) is 12.1 Å². The van der Waals surface area contributed by atoms with Crippen molar-refractivity contribution in [2.75, 3.05) is 0 Å². The zero-order chi connectivity index (χ0) is 19.7. The van der Waals surface area contributed by atoms with E-state index in [9.17, 15) is 9.18 Å². The number of nitrogens with zero attached hydrogens (tertiary/aromatic N) is 3. The van der Waals surface area contributed by atoms with Crippen molar-refractivity contribution in [2.45, 2.75) is 39.2 Å². The molecule has 0 saturated carbocycles. The molecule has 1 aliphatic rings. The van der Waals surface area contributed by atoms with E-state index < -0.39 is 0 Å². The maximum absolute atomic E-state index is 13.3. The van der Waals surface area contributed by atoms with Crippen molar-refractivity contribution in [3.05, 3.63) is 77.6 Å². The van der Waals surface area contributed by atoms with Crippen LogP contribution in [-0.2, 0) is 17.6 Å². The van der Waals surface area contributed by atoms with E-state index in [4.69, 9.17) is 0 Å². The number of carbonyl (C=O) groups excluding carboxylic acids is 1. The van der Waals surface area contributed by atoms with Gasteiger partial charge in [0.2, 0.25) is 5.91 Å². The van der Waals surface area contributed by atoms with Gasteiger partial charge in [0.25, 0.3) is 0 Å². The third-order valence-corrected chi connectivity index (χ3v) is 5.17. The van der Waals surface area contributed by atoms with Crippen LogP contribution in [0.15, 0.2) is 55.0 Å². The second-order valence-electron chi connectivity index (χ2n) is 8.14. The van der Waals surface area contributed by atoms with Crippen molar-refractivity contribution in [2.24, 2.45) is 5.41 Å². The Morgan fingerprint density at radius 3 is 2.75 bits per heavy atom. The molecule has 5 nitrogen and oxygen atoms in total. The van der Waals surface area contributed by atoms with E-state index in [-0.39, 0.29) is 23.2 Å². The van der Waals surface area contributed by atoms with Crippen molar-refractivity contribution in [3.8, 4) is 5.69 Å². The number of hydrogen-bond acceptors (Lipinski definition) is 3. The summed E-state index contributed by atoms with van der Waals surface area (Å²) in [6, 6.07) is 9.94. The van der Waals surface area contributed by atoms with Gasteiger partial charge in [0.1, 0.15) is 5.82 Å². The maximum Gasteiger partial charge on any atom is 0.224 e. The molecule has 2 heterocycles. The van der Waals surface area contributed by atoms with Crippen molar-refractivity contribution in [3.63, 3.8) is 0 Å². The fourth-order valence-corrected chi connectivity index (χ4v) is 3.91. The molecular weight excluding hydrogens is 355 g/mol.